The average molecular weight is 869 g/mol. The van der Waals surface area contributed by atoms with Crippen LogP contribution in [0.1, 0.15) is 48.6 Å². The minimum absolute atomic E-state index is 0.145. The molecule has 10 aromatic carbocycles. The van der Waals surface area contributed by atoms with E-state index in [1.54, 1.807) is 0 Å². The second kappa shape index (κ2) is 13.4. The van der Waals surface area contributed by atoms with Gasteiger partial charge < -0.3 is 13.9 Å². The van der Waals surface area contributed by atoms with Crippen molar-refractivity contribution in [3.8, 4) is 50.2 Å². The van der Waals surface area contributed by atoms with Crippen LogP contribution in [0.2, 0.25) is 0 Å². The first kappa shape index (κ1) is 37.8. The van der Waals surface area contributed by atoms with Crippen molar-refractivity contribution in [2.75, 3.05) is 4.90 Å². The summed E-state index contributed by atoms with van der Waals surface area (Å²) in [6, 6.07) is 78.9. The Balaban J connectivity index is 1.00. The molecule has 320 valence electrons. The molecule has 0 amide bonds. The molecule has 3 heteroatoms. The van der Waals surface area contributed by atoms with E-state index in [4.69, 9.17) is 4.42 Å². The largest absolute Gasteiger partial charge is 0.456 e. The predicted octanol–water partition coefficient (Wildman–Crippen LogP) is 17.4. The van der Waals surface area contributed by atoms with E-state index in [0.29, 0.717) is 0 Å². The maximum atomic E-state index is 6.74. The standard InChI is InChI=1S/C65H44N2O/c1-64(2)53-21-11-7-17-45(53)49-36-55-50(35-54(49)64)52-33-42(41-27-31-43(32-28-41)66-57-22-12-8-18-46(57)47-19-9-13-23-58(47)66)34-60-63(52)65(55,3)56-38-62-51(48-20-10-14-24-61(48)68-62)37-59(56)67(60)44-29-25-40(26-30-44)39-15-5-4-6-16-39/h4-38H,1-3H3. The summed E-state index contributed by atoms with van der Waals surface area (Å²) in [6.45, 7) is 7.27. The Morgan fingerprint density at radius 1 is 0.353 bits per heavy atom. The average Bonchev–Trinajstić information content (AvgIpc) is 4.07. The van der Waals surface area contributed by atoms with Crippen LogP contribution in [0.4, 0.5) is 17.1 Å². The van der Waals surface area contributed by atoms with Crippen LogP contribution in [0.3, 0.4) is 0 Å². The van der Waals surface area contributed by atoms with Crippen LogP contribution < -0.4 is 4.90 Å². The summed E-state index contributed by atoms with van der Waals surface area (Å²) in [6.07, 6.45) is 0. The Labute approximate surface area is 394 Å². The first-order valence-electron chi connectivity index (χ1n) is 23.8. The number of rotatable bonds is 4. The second-order valence-corrected chi connectivity index (χ2v) is 19.8. The van der Waals surface area contributed by atoms with E-state index in [-0.39, 0.29) is 5.41 Å². The van der Waals surface area contributed by atoms with Crippen molar-refractivity contribution < 1.29 is 4.42 Å². The molecule has 3 nitrogen and oxygen atoms in total. The summed E-state index contributed by atoms with van der Waals surface area (Å²) in [5.74, 6) is 0. The number of furan rings is 1. The number of anilines is 3. The van der Waals surface area contributed by atoms with Crippen LogP contribution in [-0.4, -0.2) is 4.57 Å². The highest BCUT2D eigenvalue weighted by Crippen LogP contribution is 2.65. The monoisotopic (exact) mass is 868 g/mol. The molecular weight excluding hydrogens is 825 g/mol. The number of aromatic nitrogens is 1. The zero-order chi connectivity index (χ0) is 45.0. The van der Waals surface area contributed by atoms with Crippen LogP contribution in [-0.2, 0) is 10.8 Å². The van der Waals surface area contributed by atoms with E-state index >= 15 is 0 Å². The molecule has 2 aromatic heterocycles. The number of nitrogens with zero attached hydrogens (tertiary/aromatic N) is 2. The molecule has 0 radical (unpaired) electrons. The number of hydrogen-bond acceptors (Lipinski definition) is 2. The lowest BCUT2D eigenvalue weighted by Gasteiger charge is -2.42. The molecule has 0 spiro atoms. The maximum Gasteiger partial charge on any atom is 0.135 e. The highest BCUT2D eigenvalue weighted by atomic mass is 16.3. The van der Waals surface area contributed by atoms with Gasteiger partial charge in [0.15, 0.2) is 0 Å². The Bertz CT molecular complexity index is 4060. The summed E-state index contributed by atoms with van der Waals surface area (Å²) in [5.41, 5.74) is 25.0. The SMILES string of the molecule is CC1(C)c2ccccc2-c2cc3c(cc21)-c1cc(-c2ccc(-n4c5ccccc5c5ccccc54)cc2)cc2c1C3(C)c1cc3oc4ccccc4c3cc1N2c1ccc(-c2ccccc2)cc1. The molecule has 68 heavy (non-hydrogen) atoms. The Hall–Kier alpha value is -8.40. The number of fused-ring (bicyclic) bond motifs is 14. The zero-order valence-corrected chi connectivity index (χ0v) is 38.0. The molecule has 0 saturated heterocycles. The fraction of sp³-hybridized carbons (Fsp3) is 0.0769. The minimum Gasteiger partial charge on any atom is -0.456 e. The van der Waals surface area contributed by atoms with E-state index in [1.807, 2.05) is 0 Å². The summed E-state index contributed by atoms with van der Waals surface area (Å²) in [5, 5.41) is 4.78. The van der Waals surface area contributed by atoms with Gasteiger partial charge in [-0.25, -0.2) is 0 Å². The van der Waals surface area contributed by atoms with Gasteiger partial charge in [-0.05, 0) is 158 Å². The molecule has 1 atom stereocenters. The minimum atomic E-state index is -0.487. The van der Waals surface area contributed by atoms with Crippen LogP contribution in [0, 0.1) is 0 Å². The molecule has 3 heterocycles. The molecule has 2 aliphatic carbocycles. The van der Waals surface area contributed by atoms with E-state index in [2.05, 4.69) is 243 Å². The van der Waals surface area contributed by atoms with Crippen LogP contribution >= 0.6 is 0 Å². The lowest BCUT2D eigenvalue weighted by molar-refractivity contribution is 0.657. The Morgan fingerprint density at radius 3 is 1.69 bits per heavy atom. The first-order valence-corrected chi connectivity index (χ1v) is 23.8. The van der Waals surface area contributed by atoms with E-state index in [1.165, 1.54) is 106 Å². The lowest BCUT2D eigenvalue weighted by Crippen LogP contribution is -2.32. The molecule has 12 aromatic rings. The lowest BCUT2D eigenvalue weighted by atomic mass is 9.69. The highest BCUT2D eigenvalue weighted by molar-refractivity contribution is 6.11. The summed E-state index contributed by atoms with van der Waals surface area (Å²) in [7, 11) is 0. The fourth-order valence-electron chi connectivity index (χ4n) is 12.7. The van der Waals surface area contributed by atoms with Gasteiger partial charge in [0.2, 0.25) is 0 Å². The summed E-state index contributed by atoms with van der Waals surface area (Å²) >= 11 is 0. The summed E-state index contributed by atoms with van der Waals surface area (Å²) in [4.78, 5) is 2.54. The van der Waals surface area contributed by atoms with Gasteiger partial charge in [-0.15, -0.1) is 0 Å². The van der Waals surface area contributed by atoms with E-state index in [9.17, 15) is 0 Å². The molecule has 0 saturated carbocycles. The van der Waals surface area contributed by atoms with Gasteiger partial charge in [0.25, 0.3) is 0 Å². The van der Waals surface area contributed by atoms with Gasteiger partial charge in [0.1, 0.15) is 11.2 Å². The van der Waals surface area contributed by atoms with Gasteiger partial charge >= 0.3 is 0 Å². The van der Waals surface area contributed by atoms with E-state index < -0.39 is 5.41 Å². The Kier molecular flexibility index (Phi) is 7.43. The zero-order valence-electron chi connectivity index (χ0n) is 38.0. The molecule has 3 aliphatic rings. The molecule has 0 fully saturated rings. The van der Waals surface area contributed by atoms with Crippen molar-refractivity contribution in [3.05, 3.63) is 240 Å². The van der Waals surface area contributed by atoms with Gasteiger partial charge in [-0.1, -0.05) is 147 Å². The fourth-order valence-corrected chi connectivity index (χ4v) is 12.7. The van der Waals surface area contributed by atoms with Gasteiger partial charge in [0, 0.05) is 43.7 Å². The molecule has 0 N–H and O–H groups in total. The van der Waals surface area contributed by atoms with Gasteiger partial charge in [-0.3, -0.25) is 0 Å². The van der Waals surface area contributed by atoms with Gasteiger partial charge in [-0.2, -0.15) is 0 Å². The second-order valence-electron chi connectivity index (χ2n) is 19.8. The van der Waals surface area contributed by atoms with Crippen LogP contribution in [0.5, 0.6) is 0 Å². The van der Waals surface area contributed by atoms with Crippen molar-refractivity contribution in [3.63, 3.8) is 0 Å². The quantitative estimate of drug-likeness (QED) is 0.176. The molecule has 15 rings (SSSR count). The van der Waals surface area contributed by atoms with Crippen molar-refractivity contribution >= 4 is 60.8 Å². The smallest absolute Gasteiger partial charge is 0.135 e. The van der Waals surface area contributed by atoms with Crippen molar-refractivity contribution in [2.45, 2.75) is 31.6 Å². The third-order valence-electron chi connectivity index (χ3n) is 16.0. The van der Waals surface area contributed by atoms with E-state index in [0.717, 1.165) is 33.3 Å². The molecular formula is C65H44N2O. The van der Waals surface area contributed by atoms with Crippen LogP contribution in [0.15, 0.2) is 217 Å². The maximum absolute atomic E-state index is 6.74. The number of benzene rings is 10. The predicted molar refractivity (Wildman–Crippen MR) is 282 cm³/mol. The molecule has 1 aliphatic heterocycles. The third kappa shape index (κ3) is 4.92. The molecule has 0 bridgehead atoms. The normalized spacial score (nSPS) is 16.0. The van der Waals surface area contributed by atoms with Crippen molar-refractivity contribution in [2.24, 2.45) is 0 Å². The third-order valence-corrected chi connectivity index (χ3v) is 16.0. The number of hydrogen-bond donors (Lipinski definition) is 0. The number of para-hydroxylation sites is 3. The van der Waals surface area contributed by atoms with Crippen molar-refractivity contribution in [1.29, 1.82) is 0 Å². The van der Waals surface area contributed by atoms with Crippen LogP contribution in [0.25, 0.3) is 93.9 Å². The Morgan fingerprint density at radius 2 is 0.941 bits per heavy atom. The van der Waals surface area contributed by atoms with Crippen molar-refractivity contribution in [1.82, 2.24) is 4.57 Å². The summed E-state index contributed by atoms with van der Waals surface area (Å²) < 4.78 is 9.15. The highest BCUT2D eigenvalue weighted by Gasteiger charge is 2.51. The molecule has 1 unspecified atom stereocenters. The van der Waals surface area contributed by atoms with Gasteiger partial charge in [0.05, 0.1) is 22.4 Å². The first-order chi connectivity index (χ1) is 33.3. The topological polar surface area (TPSA) is 21.3 Å².